The molecule has 0 aliphatic carbocycles. The van der Waals surface area contributed by atoms with Gasteiger partial charge in [-0.05, 0) is 31.4 Å². The molecule has 6 heteroatoms. The van der Waals surface area contributed by atoms with Gasteiger partial charge < -0.3 is 9.64 Å². The molecule has 1 aliphatic heterocycles. The van der Waals surface area contributed by atoms with Crippen molar-refractivity contribution in [2.45, 2.75) is 25.3 Å². The van der Waals surface area contributed by atoms with Crippen LogP contribution in [0.3, 0.4) is 0 Å². The molecule has 1 fully saturated rings. The third-order valence-corrected chi connectivity index (χ3v) is 3.73. The van der Waals surface area contributed by atoms with Crippen molar-refractivity contribution in [2.24, 2.45) is 0 Å². The Kier molecular flexibility index (Phi) is 4.60. The third kappa shape index (κ3) is 2.77. The smallest absolute Gasteiger partial charge is 0.328 e. The number of likely N-dealkylation sites (tertiary alicyclic amines) is 1. The van der Waals surface area contributed by atoms with Crippen molar-refractivity contribution >= 4 is 23.5 Å². The molecule has 4 nitrogen and oxygen atoms in total. The number of esters is 1. The summed E-state index contributed by atoms with van der Waals surface area (Å²) in [5, 5.41) is 0.0455. The lowest BCUT2D eigenvalue weighted by molar-refractivity contribution is -0.147. The van der Waals surface area contributed by atoms with E-state index in [-0.39, 0.29) is 10.6 Å². The first kappa shape index (κ1) is 14.8. The number of halogens is 2. The summed E-state index contributed by atoms with van der Waals surface area (Å²) in [5.41, 5.74) is -0.190. The van der Waals surface area contributed by atoms with E-state index in [0.29, 0.717) is 13.0 Å². The van der Waals surface area contributed by atoms with Crippen LogP contribution >= 0.6 is 11.6 Å². The molecule has 108 valence electrons. The first-order valence-electron chi connectivity index (χ1n) is 6.39. The molecule has 2 rings (SSSR count). The van der Waals surface area contributed by atoms with Gasteiger partial charge in [0.05, 0.1) is 17.7 Å². The predicted octanol–water partition coefficient (Wildman–Crippen LogP) is 2.65. The van der Waals surface area contributed by atoms with E-state index in [1.807, 2.05) is 0 Å². The van der Waals surface area contributed by atoms with Crippen molar-refractivity contribution in [2.75, 3.05) is 13.7 Å². The van der Waals surface area contributed by atoms with Crippen LogP contribution in [0.5, 0.6) is 0 Å². The second kappa shape index (κ2) is 6.22. The van der Waals surface area contributed by atoms with E-state index in [0.717, 1.165) is 12.8 Å². The minimum atomic E-state index is -0.684. The number of hydrogen-bond acceptors (Lipinski definition) is 3. The number of piperidine rings is 1. The molecular weight excluding hydrogens is 285 g/mol. The first-order chi connectivity index (χ1) is 9.56. The molecule has 1 aromatic carbocycles. The fourth-order valence-electron chi connectivity index (χ4n) is 2.40. The number of rotatable bonds is 2. The van der Waals surface area contributed by atoms with Gasteiger partial charge in [0.25, 0.3) is 5.91 Å². The van der Waals surface area contributed by atoms with E-state index >= 15 is 0 Å². The minimum Gasteiger partial charge on any atom is -0.467 e. The number of nitrogens with zero attached hydrogens (tertiary/aromatic N) is 1. The number of carbonyl (C=O) groups excluding carboxylic acids is 2. The average molecular weight is 300 g/mol. The topological polar surface area (TPSA) is 46.6 Å². The summed E-state index contributed by atoms with van der Waals surface area (Å²) in [4.78, 5) is 25.6. The van der Waals surface area contributed by atoms with E-state index in [2.05, 4.69) is 0 Å². The number of benzene rings is 1. The van der Waals surface area contributed by atoms with Gasteiger partial charge in [0.2, 0.25) is 0 Å². The zero-order valence-corrected chi connectivity index (χ0v) is 11.8. The van der Waals surface area contributed by atoms with Crippen molar-refractivity contribution in [3.8, 4) is 0 Å². The fraction of sp³-hybridized carbons (Fsp3) is 0.429. The van der Waals surface area contributed by atoms with Gasteiger partial charge >= 0.3 is 5.97 Å². The summed E-state index contributed by atoms with van der Waals surface area (Å²) < 4.78 is 18.5. The van der Waals surface area contributed by atoms with Crippen LogP contribution in [0.4, 0.5) is 4.39 Å². The van der Waals surface area contributed by atoms with Crippen LogP contribution in [0.15, 0.2) is 18.2 Å². The fourth-order valence-corrected chi connectivity index (χ4v) is 2.65. The van der Waals surface area contributed by atoms with Gasteiger partial charge in [-0.15, -0.1) is 0 Å². The van der Waals surface area contributed by atoms with Gasteiger partial charge in [-0.1, -0.05) is 17.7 Å². The van der Waals surface area contributed by atoms with E-state index in [1.54, 1.807) is 0 Å². The zero-order chi connectivity index (χ0) is 14.7. The molecular formula is C14H15ClFNO3. The Morgan fingerprint density at radius 3 is 2.80 bits per heavy atom. The summed E-state index contributed by atoms with van der Waals surface area (Å²) >= 11 is 5.90. The van der Waals surface area contributed by atoms with Crippen LogP contribution < -0.4 is 0 Å². The summed E-state index contributed by atoms with van der Waals surface area (Å²) in [6, 6.07) is 3.39. The maximum absolute atomic E-state index is 13.8. The van der Waals surface area contributed by atoms with Crippen molar-refractivity contribution in [1.82, 2.24) is 4.90 Å². The van der Waals surface area contributed by atoms with Crippen LogP contribution in [0.1, 0.15) is 29.6 Å². The molecule has 1 amide bonds. The molecule has 1 atom stereocenters. The number of carbonyl (C=O) groups is 2. The minimum absolute atomic E-state index is 0.0455. The Hall–Kier alpha value is -1.62. The highest BCUT2D eigenvalue weighted by Crippen LogP contribution is 2.25. The summed E-state index contributed by atoms with van der Waals surface area (Å²) in [6.07, 6.45) is 2.12. The van der Waals surface area contributed by atoms with Crippen molar-refractivity contribution in [3.63, 3.8) is 0 Å². The molecule has 0 bridgehead atoms. The molecule has 1 heterocycles. The van der Waals surface area contributed by atoms with Crippen LogP contribution in [0.25, 0.3) is 0 Å². The Balaban J connectivity index is 2.33. The molecule has 20 heavy (non-hydrogen) atoms. The van der Waals surface area contributed by atoms with Crippen LogP contribution in [0.2, 0.25) is 5.02 Å². The van der Waals surface area contributed by atoms with Gasteiger partial charge in [0.1, 0.15) is 11.9 Å². The predicted molar refractivity (Wildman–Crippen MR) is 72.1 cm³/mol. The lowest BCUT2D eigenvalue weighted by atomic mass is 10.0. The zero-order valence-electron chi connectivity index (χ0n) is 11.1. The van der Waals surface area contributed by atoms with Crippen LogP contribution in [-0.4, -0.2) is 36.5 Å². The monoisotopic (exact) mass is 299 g/mol. The van der Waals surface area contributed by atoms with Crippen LogP contribution in [-0.2, 0) is 9.53 Å². The highest BCUT2D eigenvalue weighted by atomic mass is 35.5. The largest absolute Gasteiger partial charge is 0.467 e. The molecule has 0 N–H and O–H groups in total. The molecule has 0 radical (unpaired) electrons. The normalized spacial score (nSPS) is 18.8. The first-order valence-corrected chi connectivity index (χ1v) is 6.77. The van der Waals surface area contributed by atoms with Crippen molar-refractivity contribution in [3.05, 3.63) is 34.6 Å². The Morgan fingerprint density at radius 2 is 2.15 bits per heavy atom. The molecule has 1 aliphatic rings. The maximum Gasteiger partial charge on any atom is 0.328 e. The van der Waals surface area contributed by atoms with E-state index < -0.39 is 23.7 Å². The van der Waals surface area contributed by atoms with E-state index in [4.69, 9.17) is 16.3 Å². The van der Waals surface area contributed by atoms with Crippen molar-refractivity contribution in [1.29, 1.82) is 0 Å². The van der Waals surface area contributed by atoms with Crippen LogP contribution in [0, 0.1) is 5.82 Å². The Labute approximate surface area is 121 Å². The molecule has 0 saturated carbocycles. The molecule has 1 unspecified atom stereocenters. The number of ether oxygens (including phenoxy) is 1. The standard InChI is InChI=1S/C14H15ClFNO3/c1-20-14(19)11-7-2-3-8-17(11)13(18)12-9(15)5-4-6-10(12)16/h4-6,11H,2-3,7-8H2,1H3. The molecule has 0 spiro atoms. The van der Waals surface area contributed by atoms with Gasteiger partial charge in [0.15, 0.2) is 0 Å². The summed E-state index contributed by atoms with van der Waals surface area (Å²) in [6.45, 7) is 0.392. The highest BCUT2D eigenvalue weighted by molar-refractivity contribution is 6.33. The number of hydrogen-bond donors (Lipinski definition) is 0. The second-order valence-corrected chi connectivity index (χ2v) is 5.04. The van der Waals surface area contributed by atoms with Gasteiger partial charge in [-0.2, -0.15) is 0 Å². The highest BCUT2D eigenvalue weighted by Gasteiger charge is 2.35. The maximum atomic E-state index is 13.8. The summed E-state index contributed by atoms with van der Waals surface area (Å²) in [7, 11) is 1.27. The number of methoxy groups -OCH3 is 1. The lowest BCUT2D eigenvalue weighted by Crippen LogP contribution is -2.48. The molecule has 1 saturated heterocycles. The molecule has 0 aromatic heterocycles. The van der Waals surface area contributed by atoms with Gasteiger partial charge in [-0.3, -0.25) is 4.79 Å². The summed E-state index contributed by atoms with van der Waals surface area (Å²) in [5.74, 6) is -1.73. The van der Waals surface area contributed by atoms with E-state index in [1.165, 1.54) is 30.2 Å². The number of amides is 1. The van der Waals surface area contributed by atoms with Gasteiger partial charge in [0, 0.05) is 6.54 Å². The Bertz CT molecular complexity index is 515. The van der Waals surface area contributed by atoms with E-state index in [9.17, 15) is 14.0 Å². The third-order valence-electron chi connectivity index (χ3n) is 3.41. The second-order valence-electron chi connectivity index (χ2n) is 4.63. The van der Waals surface area contributed by atoms with Gasteiger partial charge in [-0.25, -0.2) is 9.18 Å². The van der Waals surface area contributed by atoms with Crippen molar-refractivity contribution < 1.29 is 18.7 Å². The quantitative estimate of drug-likeness (QED) is 0.789. The lowest BCUT2D eigenvalue weighted by Gasteiger charge is -2.34. The molecule has 1 aromatic rings. The SMILES string of the molecule is COC(=O)C1CCCCN1C(=O)c1c(F)cccc1Cl. The average Bonchev–Trinajstić information content (AvgIpc) is 2.46. The Morgan fingerprint density at radius 1 is 1.40 bits per heavy atom.